The van der Waals surface area contributed by atoms with E-state index in [1.54, 1.807) is 0 Å². The molecule has 0 rings (SSSR count). The van der Waals surface area contributed by atoms with Crippen molar-refractivity contribution >= 4 is 138 Å². The first-order valence-corrected chi connectivity index (χ1v) is 0. The van der Waals surface area contributed by atoms with Gasteiger partial charge >= 0.3 is 138 Å². The van der Waals surface area contributed by atoms with Gasteiger partial charge in [0.1, 0.15) is 0 Å². The van der Waals surface area contributed by atoms with Gasteiger partial charge in [-0.05, 0) is 0 Å². The van der Waals surface area contributed by atoms with E-state index in [2.05, 4.69) is 0 Å². The molecule has 0 unspecified atom stereocenters. The fraction of sp³-hybridized carbons (Fsp3) is 0. The normalized spacial score (nSPS) is 0. The molecule has 0 aromatic carbocycles. The van der Waals surface area contributed by atoms with Crippen LogP contribution in [-0.2, 0) is 0 Å². The van der Waals surface area contributed by atoms with Gasteiger partial charge in [0.2, 0.25) is 0 Å². The van der Waals surface area contributed by atoms with Crippen LogP contribution in [-0.4, -0.2) is 138 Å². The molecule has 0 nitrogen and oxygen atoms in total. The van der Waals surface area contributed by atoms with Gasteiger partial charge in [-0.2, -0.15) is 0 Å². The number of hydrogen-bond acceptors (Lipinski definition) is 0. The van der Waals surface area contributed by atoms with Crippen LogP contribution in [0.3, 0.4) is 0 Å². The SMILES string of the molecule is [CaH2].[KH].[LiH].[NaH]. The van der Waals surface area contributed by atoms with Gasteiger partial charge in [-0.15, -0.1) is 0 Å². The molecule has 0 radical (unpaired) electrons. The van der Waals surface area contributed by atoms with Crippen molar-refractivity contribution in [1.29, 1.82) is 0 Å². The Labute approximate surface area is 133 Å². The van der Waals surface area contributed by atoms with Crippen LogP contribution in [0.4, 0.5) is 0 Å². The van der Waals surface area contributed by atoms with Gasteiger partial charge in [0.15, 0.2) is 0 Å². The fourth-order valence-corrected chi connectivity index (χ4v) is 0. The van der Waals surface area contributed by atoms with Crippen LogP contribution in [0.25, 0.3) is 0 Å². The van der Waals surface area contributed by atoms with Gasteiger partial charge in [0, 0.05) is 0 Å². The van der Waals surface area contributed by atoms with Crippen molar-refractivity contribution in [2.75, 3.05) is 0 Å². The number of rotatable bonds is 0. The topological polar surface area (TPSA) is 0 Å². The molecule has 0 aliphatic heterocycles. The van der Waals surface area contributed by atoms with E-state index in [1.165, 1.54) is 0 Å². The molecular formula is H5CaKLiNa. The third kappa shape index (κ3) is 9.71. The van der Waals surface area contributed by atoms with Crippen molar-refractivity contribution in [3.8, 4) is 0 Å². The molecule has 4 heavy (non-hydrogen) atoms. The van der Waals surface area contributed by atoms with Crippen molar-refractivity contribution in [2.24, 2.45) is 0 Å². The first-order valence-electron chi connectivity index (χ1n) is 0. The molecule has 0 atom stereocenters. The van der Waals surface area contributed by atoms with Crippen molar-refractivity contribution in [2.45, 2.75) is 0 Å². The van der Waals surface area contributed by atoms with Crippen LogP contribution < -0.4 is 0 Å². The zero-order valence-electron chi connectivity index (χ0n) is 0. The summed E-state index contributed by atoms with van der Waals surface area (Å²) in [6.07, 6.45) is 0. The van der Waals surface area contributed by atoms with E-state index >= 15 is 0 Å². The Bertz CT molecular complexity index is 8.00. The van der Waals surface area contributed by atoms with Crippen molar-refractivity contribution in [3.05, 3.63) is 0 Å². The predicted octanol–water partition coefficient (Wildman–Crippen LogP) is -2.86. The van der Waals surface area contributed by atoms with Crippen LogP contribution in [0, 0.1) is 0 Å². The Hall–Kier alpha value is 4.49. The first kappa shape index (κ1) is 23.6. The summed E-state index contributed by atoms with van der Waals surface area (Å²) in [6.45, 7) is 0. The van der Waals surface area contributed by atoms with Gasteiger partial charge in [-0.3, -0.25) is 0 Å². The molecule has 4 heteroatoms. The molecule has 0 saturated heterocycles. The molecule has 0 N–H and O–H groups in total. The molecule has 10 valence electrons. The summed E-state index contributed by atoms with van der Waals surface area (Å²) >= 11 is 0. The average molecular weight is 114 g/mol. The number of hydrogen-bond donors (Lipinski definition) is 0. The zero-order valence-corrected chi connectivity index (χ0v) is 0. The molecule has 0 aromatic heterocycles. The van der Waals surface area contributed by atoms with Gasteiger partial charge in [0.25, 0.3) is 0 Å². The Kier molecular flexibility index (Phi) is 92.4. The van der Waals surface area contributed by atoms with Crippen molar-refractivity contribution in [3.63, 3.8) is 0 Å². The summed E-state index contributed by atoms with van der Waals surface area (Å²) in [5.74, 6) is 0. The van der Waals surface area contributed by atoms with E-state index in [4.69, 9.17) is 0 Å². The zero-order chi connectivity index (χ0) is 0. The Morgan fingerprint density at radius 2 is 1.00 bits per heavy atom. The molecule has 0 aliphatic rings. The summed E-state index contributed by atoms with van der Waals surface area (Å²) in [5.41, 5.74) is 0. The summed E-state index contributed by atoms with van der Waals surface area (Å²) in [7, 11) is 0. The quantitative estimate of drug-likeness (QED) is 0.297. The summed E-state index contributed by atoms with van der Waals surface area (Å²) in [6, 6.07) is 0. The minimum absolute atomic E-state index is 0. The first-order chi connectivity index (χ1) is 0. The van der Waals surface area contributed by atoms with Gasteiger partial charge < -0.3 is 0 Å². The summed E-state index contributed by atoms with van der Waals surface area (Å²) in [5, 5.41) is 0. The van der Waals surface area contributed by atoms with E-state index < -0.39 is 0 Å². The fourth-order valence-electron chi connectivity index (χ4n) is 0. The van der Waals surface area contributed by atoms with Crippen LogP contribution in [0.1, 0.15) is 0 Å². The summed E-state index contributed by atoms with van der Waals surface area (Å²) < 4.78 is 0. The van der Waals surface area contributed by atoms with Crippen LogP contribution in [0.15, 0.2) is 0 Å². The van der Waals surface area contributed by atoms with E-state index in [1.807, 2.05) is 0 Å². The molecule has 0 bridgehead atoms. The molecular weight excluding hydrogens is 109 g/mol. The van der Waals surface area contributed by atoms with E-state index in [0.717, 1.165) is 0 Å². The summed E-state index contributed by atoms with van der Waals surface area (Å²) in [4.78, 5) is 0. The Balaban J connectivity index is 0. The van der Waals surface area contributed by atoms with E-state index in [-0.39, 0.29) is 138 Å². The average Bonchev–Trinajstić information content (AvgIpc) is 0. The molecule has 0 fully saturated rings. The Morgan fingerprint density at radius 1 is 1.00 bits per heavy atom. The van der Waals surface area contributed by atoms with Crippen molar-refractivity contribution < 1.29 is 0 Å². The third-order valence-corrected chi connectivity index (χ3v) is 0. The van der Waals surface area contributed by atoms with Gasteiger partial charge in [0.05, 0.1) is 0 Å². The molecule has 0 aliphatic carbocycles. The van der Waals surface area contributed by atoms with E-state index in [9.17, 15) is 0 Å². The third-order valence-electron chi connectivity index (χ3n) is 0. The second kappa shape index (κ2) is 15.6. The molecule has 0 heterocycles. The molecule has 0 spiro atoms. The second-order valence-electron chi connectivity index (χ2n) is 0. The van der Waals surface area contributed by atoms with Gasteiger partial charge in [-0.1, -0.05) is 0 Å². The monoisotopic (exact) mass is 114 g/mol. The minimum atomic E-state index is 0. The predicted molar refractivity (Wildman–Crippen MR) is 30.0 cm³/mol. The maximum atomic E-state index is 0. The molecule has 0 saturated carbocycles. The Morgan fingerprint density at radius 3 is 1.00 bits per heavy atom. The van der Waals surface area contributed by atoms with E-state index in [0.29, 0.717) is 0 Å². The van der Waals surface area contributed by atoms with Crippen LogP contribution in [0.5, 0.6) is 0 Å². The van der Waals surface area contributed by atoms with Crippen molar-refractivity contribution in [1.82, 2.24) is 0 Å². The van der Waals surface area contributed by atoms with Crippen LogP contribution >= 0.6 is 0 Å². The molecule has 0 aromatic rings. The maximum absolute atomic E-state index is 0. The molecule has 0 amide bonds. The van der Waals surface area contributed by atoms with Gasteiger partial charge in [-0.25, -0.2) is 0 Å². The second-order valence-corrected chi connectivity index (χ2v) is 0. The van der Waals surface area contributed by atoms with Crippen LogP contribution in [0.2, 0.25) is 0 Å². The standard InChI is InChI=1S/Ca.K.Li.Na.5H.